The van der Waals surface area contributed by atoms with Crippen molar-refractivity contribution in [2.75, 3.05) is 4.31 Å². The zero-order valence-corrected chi connectivity index (χ0v) is 21.7. The summed E-state index contributed by atoms with van der Waals surface area (Å²) in [6.07, 6.45) is 2.88. The minimum Gasteiger partial charge on any atom is -0.413 e. The van der Waals surface area contributed by atoms with Crippen LogP contribution in [-0.4, -0.2) is 19.3 Å². The van der Waals surface area contributed by atoms with E-state index in [1.54, 1.807) is 38.1 Å². The van der Waals surface area contributed by atoms with Crippen molar-refractivity contribution < 1.29 is 17.6 Å². The molecule has 9 heteroatoms. The van der Waals surface area contributed by atoms with E-state index in [2.05, 4.69) is 4.98 Å². The maximum atomic E-state index is 14.5. The number of nitrogens with zero attached hydrogens (tertiary/aromatic N) is 2. The second-order valence-corrected chi connectivity index (χ2v) is 11.3. The van der Waals surface area contributed by atoms with E-state index in [9.17, 15) is 18.0 Å². The molecule has 0 aliphatic heterocycles. The van der Waals surface area contributed by atoms with Gasteiger partial charge >= 0.3 is 4.94 Å². The van der Waals surface area contributed by atoms with E-state index in [0.29, 0.717) is 32.2 Å². The third kappa shape index (κ3) is 3.71. The molecule has 0 fully saturated rings. The van der Waals surface area contributed by atoms with Crippen molar-refractivity contribution in [1.29, 1.82) is 0 Å². The number of fused-ring (bicyclic) bond motifs is 3. The van der Waals surface area contributed by atoms with Gasteiger partial charge in [-0.15, -0.1) is 0 Å². The summed E-state index contributed by atoms with van der Waals surface area (Å²) in [6.45, 7) is 7.18. The molecule has 0 saturated heterocycles. The highest BCUT2D eigenvalue weighted by Gasteiger charge is 2.36. The van der Waals surface area contributed by atoms with Crippen LogP contribution in [-0.2, 0) is 10.0 Å². The minimum atomic E-state index is -4.40. The van der Waals surface area contributed by atoms with Gasteiger partial charge in [-0.2, -0.15) is 4.31 Å². The first kappa shape index (κ1) is 23.9. The molecule has 0 aliphatic rings. The molecule has 0 saturated carbocycles. The van der Waals surface area contributed by atoms with Crippen molar-refractivity contribution >= 4 is 54.0 Å². The van der Waals surface area contributed by atoms with Gasteiger partial charge in [-0.25, -0.2) is 13.2 Å². The monoisotopic (exact) mass is 518 g/mol. The number of benzene rings is 3. The molecule has 1 amide bonds. The Kier molecular flexibility index (Phi) is 5.77. The van der Waals surface area contributed by atoms with Crippen LogP contribution in [0.3, 0.4) is 0 Å². The summed E-state index contributed by atoms with van der Waals surface area (Å²) >= 11 is 0.859. The number of carbonyl (C=O) groups excluding carboxylic acids is 1. The second kappa shape index (κ2) is 8.69. The highest BCUT2D eigenvalue weighted by Crippen LogP contribution is 2.39. The van der Waals surface area contributed by atoms with Crippen LogP contribution in [0.15, 0.2) is 75.0 Å². The minimum absolute atomic E-state index is 0.0898. The summed E-state index contributed by atoms with van der Waals surface area (Å²) in [7, 11) is -4.40. The van der Waals surface area contributed by atoms with Crippen LogP contribution in [0.1, 0.15) is 32.6 Å². The van der Waals surface area contributed by atoms with Crippen LogP contribution in [0.5, 0.6) is 0 Å². The summed E-state index contributed by atoms with van der Waals surface area (Å²) in [5.74, 6) is -0.726. The van der Waals surface area contributed by atoms with E-state index < -0.39 is 20.9 Å². The molecule has 0 bridgehead atoms. The fourth-order valence-electron chi connectivity index (χ4n) is 4.47. The Morgan fingerprint density at radius 2 is 1.53 bits per heavy atom. The zero-order valence-electron chi connectivity index (χ0n) is 20.0. The van der Waals surface area contributed by atoms with E-state index in [4.69, 9.17) is 4.42 Å². The van der Waals surface area contributed by atoms with Crippen molar-refractivity contribution in [1.82, 2.24) is 4.98 Å². The van der Waals surface area contributed by atoms with Crippen LogP contribution in [0.2, 0.25) is 0 Å². The fraction of sp³-hybridized carbons (Fsp3) is 0.148. The average Bonchev–Trinajstić information content (AvgIpc) is 3.23. The largest absolute Gasteiger partial charge is 0.413 e. The number of amides is 1. The standard InChI is InChI=1S/C27H22N2O5S2/c1-15-13-16(2)18(4)25(17(15)3)36(32,33)29(26(30)19-9-11-28-12-10-19)22-14-23-24(34-27(31)35-23)21-8-6-5-7-20(21)22/h5-14H,1-4H3. The van der Waals surface area contributed by atoms with Crippen molar-refractivity contribution in [3.05, 3.63) is 98.5 Å². The van der Waals surface area contributed by atoms with E-state index in [0.717, 1.165) is 26.8 Å². The van der Waals surface area contributed by atoms with E-state index in [-0.39, 0.29) is 16.1 Å². The lowest BCUT2D eigenvalue weighted by Gasteiger charge is -2.27. The summed E-state index contributed by atoms with van der Waals surface area (Å²) < 4.78 is 35.7. The number of sulfonamides is 1. The Bertz CT molecular complexity index is 1810. The lowest BCUT2D eigenvalue weighted by Crippen LogP contribution is -2.38. The molecule has 0 spiro atoms. The van der Waals surface area contributed by atoms with E-state index in [1.807, 2.05) is 19.9 Å². The van der Waals surface area contributed by atoms with Crippen LogP contribution >= 0.6 is 11.3 Å². The fourth-order valence-corrected chi connectivity index (χ4v) is 7.20. The molecule has 0 aliphatic carbocycles. The lowest BCUT2D eigenvalue weighted by atomic mass is 10.0. The Hall–Kier alpha value is -3.82. The highest BCUT2D eigenvalue weighted by atomic mass is 32.2. The molecule has 36 heavy (non-hydrogen) atoms. The molecule has 2 aromatic heterocycles. The maximum Gasteiger partial charge on any atom is 0.396 e. The molecule has 3 aromatic carbocycles. The van der Waals surface area contributed by atoms with Crippen molar-refractivity contribution in [2.24, 2.45) is 0 Å². The van der Waals surface area contributed by atoms with Crippen molar-refractivity contribution in [3.8, 4) is 0 Å². The summed E-state index contributed by atoms with van der Waals surface area (Å²) in [6, 6.07) is 13.4. The molecule has 2 heterocycles. The molecule has 0 unspecified atom stereocenters. The van der Waals surface area contributed by atoms with Gasteiger partial charge in [-0.05, 0) is 68.1 Å². The molecule has 5 rings (SSSR count). The predicted molar refractivity (Wildman–Crippen MR) is 141 cm³/mol. The summed E-state index contributed by atoms with van der Waals surface area (Å²) in [4.78, 5) is 29.6. The number of aromatic nitrogens is 1. The second-order valence-electron chi connectivity index (χ2n) is 8.62. The lowest BCUT2D eigenvalue weighted by molar-refractivity contribution is 0.101. The van der Waals surface area contributed by atoms with Gasteiger partial charge in [0.15, 0.2) is 5.58 Å². The molecule has 5 aromatic rings. The van der Waals surface area contributed by atoms with Gasteiger partial charge in [-0.3, -0.25) is 9.78 Å². The quantitative estimate of drug-likeness (QED) is 0.304. The molecule has 0 N–H and O–H groups in total. The number of carbonyl (C=O) groups is 1. The van der Waals surface area contributed by atoms with Crippen molar-refractivity contribution in [2.45, 2.75) is 32.6 Å². The van der Waals surface area contributed by atoms with Crippen LogP contribution in [0, 0.1) is 27.7 Å². The number of aryl methyl sites for hydroxylation is 2. The number of pyridine rings is 1. The molecule has 7 nitrogen and oxygen atoms in total. The van der Waals surface area contributed by atoms with Crippen LogP contribution in [0.25, 0.3) is 21.1 Å². The van der Waals surface area contributed by atoms with E-state index >= 15 is 0 Å². The van der Waals surface area contributed by atoms with Crippen molar-refractivity contribution in [3.63, 3.8) is 0 Å². The SMILES string of the molecule is Cc1cc(C)c(C)c(S(=O)(=O)N(C(=O)c2ccncc2)c2cc3sc(=O)oc3c3ccccc23)c1C. The molecule has 182 valence electrons. The van der Waals surface area contributed by atoms with Gasteiger partial charge in [0.05, 0.1) is 15.3 Å². The zero-order chi connectivity index (χ0) is 25.8. The van der Waals surface area contributed by atoms with Gasteiger partial charge < -0.3 is 4.42 Å². The van der Waals surface area contributed by atoms with Gasteiger partial charge in [-0.1, -0.05) is 41.7 Å². The normalized spacial score (nSPS) is 11.8. The number of anilines is 1. The number of hydrogen-bond acceptors (Lipinski definition) is 7. The third-order valence-corrected chi connectivity index (χ3v) is 9.19. The van der Waals surface area contributed by atoms with Crippen LogP contribution < -0.4 is 9.24 Å². The average molecular weight is 519 g/mol. The highest BCUT2D eigenvalue weighted by molar-refractivity contribution is 7.93. The Labute approximate surface area is 211 Å². The first-order valence-corrected chi connectivity index (χ1v) is 13.4. The van der Waals surface area contributed by atoms with Gasteiger partial charge in [0.2, 0.25) is 0 Å². The maximum absolute atomic E-state index is 14.5. The summed E-state index contributed by atoms with van der Waals surface area (Å²) in [5, 5.41) is 1.01. The Balaban J connectivity index is 1.91. The topological polar surface area (TPSA) is 97.5 Å². The van der Waals surface area contributed by atoms with E-state index in [1.165, 1.54) is 30.6 Å². The summed E-state index contributed by atoms with van der Waals surface area (Å²) in [5.41, 5.74) is 3.43. The predicted octanol–water partition coefficient (Wildman–Crippen LogP) is 5.67. The van der Waals surface area contributed by atoms with Gasteiger partial charge in [0, 0.05) is 28.7 Å². The smallest absolute Gasteiger partial charge is 0.396 e. The molecule has 0 atom stereocenters. The third-order valence-electron chi connectivity index (χ3n) is 6.44. The Morgan fingerprint density at radius 1 is 0.917 bits per heavy atom. The van der Waals surface area contributed by atoms with Crippen LogP contribution in [0.4, 0.5) is 5.69 Å². The number of hydrogen-bond donors (Lipinski definition) is 0. The first-order valence-electron chi connectivity index (χ1n) is 11.1. The molecular formula is C27H22N2O5S2. The first-order chi connectivity index (χ1) is 17.1. The molecular weight excluding hydrogens is 496 g/mol. The molecule has 0 radical (unpaired) electrons. The number of rotatable bonds is 4. The van der Waals surface area contributed by atoms with Gasteiger partial charge in [0.1, 0.15) is 0 Å². The van der Waals surface area contributed by atoms with Gasteiger partial charge in [0.25, 0.3) is 15.9 Å². The Morgan fingerprint density at radius 3 is 2.17 bits per heavy atom.